The van der Waals surface area contributed by atoms with Crippen molar-refractivity contribution in [3.8, 4) is 0 Å². The SMILES string of the molecule is CCC(C)CCCCCCCCC(=O)O[C@H](COC(=O)CCCCCCCCC(C)C)COP(=O)(O)OC[C@H](O)COP(=O)(O)OC[C@@H](COC(=O)CCCCCCCCCCCCCCCCC(C)C)OC(=O)CCCCCCCCCCC(C)C. The molecule has 0 aliphatic heterocycles. The summed E-state index contributed by atoms with van der Waals surface area (Å²) in [6, 6.07) is 0. The summed E-state index contributed by atoms with van der Waals surface area (Å²) in [5.41, 5.74) is 0. The van der Waals surface area contributed by atoms with Crippen LogP contribution in [-0.4, -0.2) is 96.7 Å². The highest BCUT2D eigenvalue weighted by Gasteiger charge is 2.30. The van der Waals surface area contributed by atoms with Crippen LogP contribution in [0.15, 0.2) is 0 Å². The van der Waals surface area contributed by atoms with E-state index in [1.54, 1.807) is 0 Å². The van der Waals surface area contributed by atoms with Crippen molar-refractivity contribution in [3.05, 3.63) is 0 Å². The lowest BCUT2D eigenvalue weighted by Gasteiger charge is -2.21. The smallest absolute Gasteiger partial charge is 0.462 e. The minimum atomic E-state index is -4.95. The van der Waals surface area contributed by atoms with Crippen LogP contribution in [0.4, 0.5) is 0 Å². The molecule has 0 radical (unpaired) electrons. The van der Waals surface area contributed by atoms with Crippen LogP contribution in [0.3, 0.4) is 0 Å². The first-order valence-corrected chi connectivity index (χ1v) is 38.2. The molecular formula is C68H132O17P2. The molecule has 0 bridgehead atoms. The van der Waals surface area contributed by atoms with E-state index in [1.807, 2.05) is 0 Å². The van der Waals surface area contributed by atoms with Crippen LogP contribution in [0.2, 0.25) is 0 Å². The van der Waals surface area contributed by atoms with Crippen LogP contribution >= 0.6 is 15.6 Å². The number of esters is 4. The van der Waals surface area contributed by atoms with E-state index in [4.69, 9.17) is 37.0 Å². The second-order valence-electron chi connectivity index (χ2n) is 26.2. The third-order valence-corrected chi connectivity index (χ3v) is 17.8. The maximum Gasteiger partial charge on any atom is 0.472 e. The Hall–Kier alpha value is -1.94. The third kappa shape index (κ3) is 61.3. The standard InChI is InChI=1S/C68H132O17P2/c1-9-61(8)47-39-31-25-27-35-43-51-68(73)85-64(55-79-66(71)49-41-33-26-24-30-38-46-60(6)7)57-83-87(76,77)81-53-62(69)52-80-86(74,75)82-56-63(84-67(72)50-42-34-23-19-18-21-29-37-45-59(4)5)54-78-65(70)48-40-32-22-17-15-13-11-10-12-14-16-20-28-36-44-58(2)3/h58-64,69H,9-57H2,1-8H3,(H,74,75)(H,76,77)/t61?,62-,63-,64-/m1/s1. The van der Waals surface area contributed by atoms with Gasteiger partial charge in [-0.05, 0) is 49.4 Å². The minimum absolute atomic E-state index is 0.101. The third-order valence-electron chi connectivity index (χ3n) is 15.9. The fraction of sp³-hybridized carbons (Fsp3) is 0.941. The van der Waals surface area contributed by atoms with Crippen molar-refractivity contribution in [2.24, 2.45) is 23.7 Å². The fourth-order valence-electron chi connectivity index (χ4n) is 10.1. The zero-order valence-corrected chi connectivity index (χ0v) is 58.4. The highest BCUT2D eigenvalue weighted by Crippen LogP contribution is 2.45. The molecule has 0 aliphatic carbocycles. The molecule has 0 amide bonds. The Morgan fingerprint density at radius 2 is 0.552 bits per heavy atom. The topological polar surface area (TPSA) is 237 Å². The Balaban J connectivity index is 5.20. The summed E-state index contributed by atoms with van der Waals surface area (Å²) in [7, 11) is -9.90. The van der Waals surface area contributed by atoms with Gasteiger partial charge in [0.2, 0.25) is 0 Å². The van der Waals surface area contributed by atoms with Crippen molar-refractivity contribution in [2.75, 3.05) is 39.6 Å². The van der Waals surface area contributed by atoms with Gasteiger partial charge in [0.1, 0.15) is 19.3 Å². The van der Waals surface area contributed by atoms with Crippen LogP contribution in [-0.2, 0) is 65.4 Å². The lowest BCUT2D eigenvalue weighted by molar-refractivity contribution is -0.161. The van der Waals surface area contributed by atoms with E-state index in [-0.39, 0.29) is 25.7 Å². The highest BCUT2D eigenvalue weighted by atomic mass is 31.2. The van der Waals surface area contributed by atoms with E-state index < -0.39 is 97.5 Å². The van der Waals surface area contributed by atoms with Gasteiger partial charge in [0.25, 0.3) is 0 Å². The molecule has 19 heteroatoms. The molecule has 3 unspecified atom stereocenters. The van der Waals surface area contributed by atoms with E-state index in [0.29, 0.717) is 31.6 Å². The summed E-state index contributed by atoms with van der Waals surface area (Å²) < 4.78 is 68.1. The number of carbonyl (C=O) groups excluding carboxylic acids is 4. The average molecular weight is 1280 g/mol. The average Bonchev–Trinajstić information content (AvgIpc) is 3.49. The maximum absolute atomic E-state index is 13.0. The first-order chi connectivity index (χ1) is 41.6. The Morgan fingerprint density at radius 3 is 0.816 bits per heavy atom. The Morgan fingerprint density at radius 1 is 0.322 bits per heavy atom. The lowest BCUT2D eigenvalue weighted by atomic mass is 10.00. The van der Waals surface area contributed by atoms with Gasteiger partial charge >= 0.3 is 39.5 Å². The first-order valence-electron chi connectivity index (χ1n) is 35.2. The summed E-state index contributed by atoms with van der Waals surface area (Å²) in [6.45, 7) is 14.0. The minimum Gasteiger partial charge on any atom is -0.462 e. The normalized spacial score (nSPS) is 14.6. The van der Waals surface area contributed by atoms with Crippen LogP contribution in [0.5, 0.6) is 0 Å². The number of aliphatic hydroxyl groups is 1. The van der Waals surface area contributed by atoms with Crippen molar-refractivity contribution in [1.82, 2.24) is 0 Å². The van der Waals surface area contributed by atoms with Crippen molar-refractivity contribution in [3.63, 3.8) is 0 Å². The number of hydrogen-bond donors (Lipinski definition) is 3. The second kappa shape index (κ2) is 57.9. The van der Waals surface area contributed by atoms with Crippen LogP contribution in [0.1, 0.15) is 331 Å². The number of phosphoric acid groups is 2. The molecule has 0 aromatic heterocycles. The van der Waals surface area contributed by atoms with Gasteiger partial charge in [-0.2, -0.15) is 0 Å². The molecule has 0 aromatic carbocycles. The number of carbonyl (C=O) groups is 4. The first kappa shape index (κ1) is 85.1. The van der Waals surface area contributed by atoms with E-state index >= 15 is 0 Å². The molecule has 0 heterocycles. The number of unbranched alkanes of at least 4 members (excludes halogenated alkanes) is 30. The highest BCUT2D eigenvalue weighted by molar-refractivity contribution is 7.47. The van der Waals surface area contributed by atoms with Crippen molar-refractivity contribution in [2.45, 2.75) is 350 Å². The molecule has 3 N–H and O–H groups in total. The van der Waals surface area contributed by atoms with E-state index in [1.165, 1.54) is 128 Å². The summed E-state index contributed by atoms with van der Waals surface area (Å²) in [5.74, 6) is 0.779. The van der Waals surface area contributed by atoms with Gasteiger partial charge in [0.15, 0.2) is 12.2 Å². The van der Waals surface area contributed by atoms with E-state index in [0.717, 1.165) is 114 Å². The predicted molar refractivity (Wildman–Crippen MR) is 349 cm³/mol. The molecule has 87 heavy (non-hydrogen) atoms. The molecule has 6 atom stereocenters. The van der Waals surface area contributed by atoms with E-state index in [9.17, 15) is 43.2 Å². The van der Waals surface area contributed by atoms with Gasteiger partial charge in [-0.1, -0.05) is 280 Å². The molecule has 0 aromatic rings. The van der Waals surface area contributed by atoms with Gasteiger partial charge in [-0.3, -0.25) is 37.3 Å². The zero-order chi connectivity index (χ0) is 64.7. The van der Waals surface area contributed by atoms with Crippen LogP contribution in [0, 0.1) is 23.7 Å². The molecule has 0 saturated heterocycles. The number of aliphatic hydroxyl groups excluding tert-OH is 1. The zero-order valence-electron chi connectivity index (χ0n) is 56.6. The molecule has 0 rings (SSSR count). The Bertz CT molecular complexity index is 1730. The van der Waals surface area contributed by atoms with Gasteiger partial charge in [0, 0.05) is 25.7 Å². The molecule has 0 fully saturated rings. The van der Waals surface area contributed by atoms with Gasteiger partial charge < -0.3 is 33.8 Å². The summed E-state index contributed by atoms with van der Waals surface area (Å²) in [6.07, 6.45) is 39.2. The molecule has 17 nitrogen and oxygen atoms in total. The van der Waals surface area contributed by atoms with E-state index in [2.05, 4.69) is 55.4 Å². The predicted octanol–water partition coefficient (Wildman–Crippen LogP) is 18.9. The summed E-state index contributed by atoms with van der Waals surface area (Å²) in [4.78, 5) is 72.4. The maximum atomic E-state index is 13.0. The van der Waals surface area contributed by atoms with Crippen molar-refractivity contribution < 1.29 is 80.2 Å². The van der Waals surface area contributed by atoms with Crippen LogP contribution in [0.25, 0.3) is 0 Å². The number of rotatable bonds is 65. The largest absolute Gasteiger partial charge is 0.472 e. The molecular weight excluding hydrogens is 1150 g/mol. The monoisotopic (exact) mass is 1280 g/mol. The molecule has 0 saturated carbocycles. The molecule has 0 spiro atoms. The van der Waals surface area contributed by atoms with Crippen molar-refractivity contribution >= 4 is 39.5 Å². The van der Waals surface area contributed by atoms with Crippen molar-refractivity contribution in [1.29, 1.82) is 0 Å². The lowest BCUT2D eigenvalue weighted by Crippen LogP contribution is -2.30. The van der Waals surface area contributed by atoms with Gasteiger partial charge in [-0.15, -0.1) is 0 Å². The quantitative estimate of drug-likeness (QED) is 0.0222. The number of ether oxygens (including phenoxy) is 4. The molecule has 516 valence electrons. The Kier molecular flexibility index (Phi) is 56.6. The number of phosphoric ester groups is 2. The van der Waals surface area contributed by atoms with Gasteiger partial charge in [0.05, 0.1) is 26.4 Å². The second-order valence-corrected chi connectivity index (χ2v) is 29.1. The number of hydrogen-bond acceptors (Lipinski definition) is 15. The van der Waals surface area contributed by atoms with Gasteiger partial charge in [-0.25, -0.2) is 9.13 Å². The molecule has 0 aliphatic rings. The fourth-order valence-corrected chi connectivity index (χ4v) is 11.7. The van der Waals surface area contributed by atoms with Crippen LogP contribution < -0.4 is 0 Å². The summed E-state index contributed by atoms with van der Waals surface area (Å²) >= 11 is 0. The Labute approximate surface area is 530 Å². The summed E-state index contributed by atoms with van der Waals surface area (Å²) in [5, 5.41) is 10.6.